The molecule has 0 saturated heterocycles. The average Bonchev–Trinajstić information content (AvgIpc) is 2.52. The Kier molecular flexibility index (Phi) is 3.58. The van der Waals surface area contributed by atoms with Crippen molar-refractivity contribution < 1.29 is 4.74 Å². The second-order valence-electron chi connectivity index (χ2n) is 2.48. The molecule has 12 heavy (non-hydrogen) atoms. The summed E-state index contributed by atoms with van der Waals surface area (Å²) in [6, 6.07) is 0.0214. The molecule has 1 aromatic rings. The van der Waals surface area contributed by atoms with Crippen LogP contribution in [0.3, 0.4) is 0 Å². The van der Waals surface area contributed by atoms with Gasteiger partial charge in [-0.25, -0.2) is 0 Å². The maximum Gasteiger partial charge on any atom is 0.143 e. The molecular weight excluding hydrogens is 174 g/mol. The summed E-state index contributed by atoms with van der Waals surface area (Å²) in [7, 11) is 1.64. The number of ether oxygens (including phenoxy) is 1. The van der Waals surface area contributed by atoms with Crippen LogP contribution in [-0.2, 0) is 11.3 Å². The Hall–Kier alpha value is -0.520. The maximum absolute atomic E-state index is 5.77. The molecule has 0 aromatic carbocycles. The van der Waals surface area contributed by atoms with Crippen LogP contribution in [0, 0.1) is 0 Å². The topological polar surface area (TPSA) is 61.0 Å². The van der Waals surface area contributed by atoms with Crippen LogP contribution in [0.25, 0.3) is 0 Å². The first-order chi connectivity index (χ1) is 5.77. The van der Waals surface area contributed by atoms with E-state index < -0.39 is 0 Å². The lowest BCUT2D eigenvalue weighted by atomic mass is 10.3. The van der Waals surface area contributed by atoms with Gasteiger partial charge in [-0.05, 0) is 6.42 Å². The molecule has 2 N–H and O–H groups in total. The van der Waals surface area contributed by atoms with Gasteiger partial charge in [-0.3, -0.25) is 0 Å². The molecule has 0 saturated carbocycles. The number of aromatic nitrogens is 2. The average molecular weight is 187 g/mol. The van der Waals surface area contributed by atoms with Gasteiger partial charge < -0.3 is 10.5 Å². The predicted molar refractivity (Wildman–Crippen MR) is 47.8 cm³/mol. The van der Waals surface area contributed by atoms with Crippen LogP contribution in [-0.4, -0.2) is 17.3 Å². The van der Waals surface area contributed by atoms with E-state index in [1.54, 1.807) is 7.11 Å². The van der Waals surface area contributed by atoms with E-state index in [2.05, 4.69) is 10.2 Å². The van der Waals surface area contributed by atoms with E-state index in [-0.39, 0.29) is 6.04 Å². The molecule has 5 heteroatoms. The lowest BCUT2D eigenvalue weighted by Crippen LogP contribution is -2.07. The normalized spacial score (nSPS) is 13.2. The number of rotatable bonds is 4. The second kappa shape index (κ2) is 4.49. The molecule has 1 unspecified atom stereocenters. The van der Waals surface area contributed by atoms with Crippen molar-refractivity contribution in [1.82, 2.24) is 10.2 Å². The Morgan fingerprint density at radius 3 is 2.92 bits per heavy atom. The molecule has 0 bridgehead atoms. The summed E-state index contributed by atoms with van der Waals surface area (Å²) in [6.45, 7) is 2.55. The molecule has 0 radical (unpaired) electrons. The highest BCUT2D eigenvalue weighted by molar-refractivity contribution is 7.11. The first kappa shape index (κ1) is 9.57. The van der Waals surface area contributed by atoms with Crippen molar-refractivity contribution in [2.75, 3.05) is 7.11 Å². The molecule has 1 rings (SSSR count). The van der Waals surface area contributed by atoms with Gasteiger partial charge in [-0.2, -0.15) is 0 Å². The van der Waals surface area contributed by atoms with Gasteiger partial charge in [-0.1, -0.05) is 18.3 Å². The van der Waals surface area contributed by atoms with Gasteiger partial charge in [0, 0.05) is 7.11 Å². The van der Waals surface area contributed by atoms with E-state index in [0.717, 1.165) is 16.4 Å². The summed E-state index contributed by atoms with van der Waals surface area (Å²) in [6.07, 6.45) is 0.890. The van der Waals surface area contributed by atoms with Gasteiger partial charge in [0.1, 0.15) is 10.0 Å². The smallest absolute Gasteiger partial charge is 0.143 e. The van der Waals surface area contributed by atoms with Crippen LogP contribution >= 0.6 is 11.3 Å². The second-order valence-corrected chi connectivity index (χ2v) is 3.58. The number of hydrogen-bond donors (Lipinski definition) is 1. The number of nitrogens with two attached hydrogens (primary N) is 1. The van der Waals surface area contributed by atoms with E-state index in [1.807, 2.05) is 6.92 Å². The molecule has 0 aliphatic carbocycles. The molecular formula is C7H13N3OS. The lowest BCUT2D eigenvalue weighted by molar-refractivity contribution is 0.184. The van der Waals surface area contributed by atoms with Crippen molar-refractivity contribution in [3.63, 3.8) is 0 Å². The number of methoxy groups -OCH3 is 1. The highest BCUT2D eigenvalue weighted by Crippen LogP contribution is 2.18. The van der Waals surface area contributed by atoms with Gasteiger partial charge in [0.15, 0.2) is 0 Å². The van der Waals surface area contributed by atoms with E-state index in [4.69, 9.17) is 10.5 Å². The van der Waals surface area contributed by atoms with E-state index in [9.17, 15) is 0 Å². The van der Waals surface area contributed by atoms with E-state index >= 15 is 0 Å². The third-order valence-electron chi connectivity index (χ3n) is 1.51. The van der Waals surface area contributed by atoms with Gasteiger partial charge >= 0.3 is 0 Å². The molecule has 0 aliphatic heterocycles. The molecule has 0 fully saturated rings. The zero-order valence-corrected chi connectivity index (χ0v) is 8.10. The minimum absolute atomic E-state index is 0.0214. The van der Waals surface area contributed by atoms with Crippen molar-refractivity contribution in [3.8, 4) is 0 Å². The highest BCUT2D eigenvalue weighted by atomic mass is 32.1. The summed E-state index contributed by atoms with van der Waals surface area (Å²) in [4.78, 5) is 0. The van der Waals surface area contributed by atoms with Crippen molar-refractivity contribution in [2.45, 2.75) is 26.0 Å². The Balaban J connectivity index is 2.63. The lowest BCUT2D eigenvalue weighted by Gasteiger charge is -2.00. The third-order valence-corrected chi connectivity index (χ3v) is 2.54. The fourth-order valence-corrected chi connectivity index (χ4v) is 1.67. The number of hydrogen-bond acceptors (Lipinski definition) is 5. The molecule has 1 aromatic heterocycles. The van der Waals surface area contributed by atoms with Crippen LogP contribution in [0.5, 0.6) is 0 Å². The van der Waals surface area contributed by atoms with Crippen molar-refractivity contribution in [3.05, 3.63) is 10.0 Å². The van der Waals surface area contributed by atoms with Crippen LogP contribution in [0.4, 0.5) is 0 Å². The van der Waals surface area contributed by atoms with Crippen molar-refractivity contribution >= 4 is 11.3 Å². The van der Waals surface area contributed by atoms with Crippen LogP contribution in [0.15, 0.2) is 0 Å². The monoisotopic (exact) mass is 187 g/mol. The Bertz CT molecular complexity index is 238. The molecule has 0 spiro atoms. The zero-order chi connectivity index (χ0) is 8.97. The van der Waals surface area contributed by atoms with Gasteiger partial charge in [0.25, 0.3) is 0 Å². The van der Waals surface area contributed by atoms with Crippen molar-refractivity contribution in [2.24, 2.45) is 5.73 Å². The first-order valence-electron chi connectivity index (χ1n) is 3.84. The number of nitrogens with zero attached hydrogens (tertiary/aromatic N) is 2. The quantitative estimate of drug-likeness (QED) is 0.766. The molecule has 0 amide bonds. The molecule has 1 atom stereocenters. The maximum atomic E-state index is 5.77. The minimum Gasteiger partial charge on any atom is -0.377 e. The van der Waals surface area contributed by atoms with E-state index in [0.29, 0.717) is 6.61 Å². The van der Waals surface area contributed by atoms with Gasteiger partial charge in [0.2, 0.25) is 0 Å². The Labute approximate surface area is 75.8 Å². The third kappa shape index (κ3) is 2.23. The fourth-order valence-electron chi connectivity index (χ4n) is 0.773. The zero-order valence-electron chi connectivity index (χ0n) is 7.28. The van der Waals surface area contributed by atoms with Crippen LogP contribution < -0.4 is 5.73 Å². The first-order valence-corrected chi connectivity index (χ1v) is 4.66. The van der Waals surface area contributed by atoms with Crippen LogP contribution in [0.1, 0.15) is 29.4 Å². The van der Waals surface area contributed by atoms with Crippen LogP contribution in [0.2, 0.25) is 0 Å². The van der Waals surface area contributed by atoms with Gasteiger partial charge in [-0.15, -0.1) is 10.2 Å². The molecule has 1 heterocycles. The fraction of sp³-hybridized carbons (Fsp3) is 0.714. The summed E-state index contributed by atoms with van der Waals surface area (Å²) >= 11 is 1.52. The largest absolute Gasteiger partial charge is 0.377 e. The summed E-state index contributed by atoms with van der Waals surface area (Å²) in [5, 5.41) is 9.69. The van der Waals surface area contributed by atoms with Gasteiger partial charge in [0.05, 0.1) is 12.6 Å². The SMILES string of the molecule is CCC(N)c1nnc(COC)s1. The summed E-state index contributed by atoms with van der Waals surface area (Å²) < 4.78 is 4.92. The molecule has 4 nitrogen and oxygen atoms in total. The minimum atomic E-state index is 0.0214. The summed E-state index contributed by atoms with van der Waals surface area (Å²) in [5.41, 5.74) is 5.77. The summed E-state index contributed by atoms with van der Waals surface area (Å²) in [5.74, 6) is 0. The Morgan fingerprint density at radius 2 is 2.33 bits per heavy atom. The van der Waals surface area contributed by atoms with E-state index in [1.165, 1.54) is 11.3 Å². The van der Waals surface area contributed by atoms with Crippen molar-refractivity contribution in [1.29, 1.82) is 0 Å². The molecule has 0 aliphatic rings. The molecule has 68 valence electrons. The Morgan fingerprint density at radius 1 is 1.58 bits per heavy atom. The standard InChI is InChI=1S/C7H13N3OS/c1-3-5(8)7-10-9-6(12-7)4-11-2/h5H,3-4,8H2,1-2H3. The highest BCUT2D eigenvalue weighted by Gasteiger charge is 2.09. The predicted octanol–water partition coefficient (Wildman–Crippen LogP) is 1.09.